The number of nitrogens with one attached hydrogen (secondary N) is 2. The molecule has 3 N–H and O–H groups in total. The molecule has 0 aromatic carbocycles. The summed E-state index contributed by atoms with van der Waals surface area (Å²) in [5.41, 5.74) is 0. The Morgan fingerprint density at radius 2 is 1.80 bits per heavy atom. The first-order chi connectivity index (χ1) is 9.51. The Hall–Kier alpha value is -1.79. The average Bonchev–Trinajstić information content (AvgIpc) is 2.66. The van der Waals surface area contributed by atoms with Crippen molar-refractivity contribution in [3.05, 3.63) is 0 Å². The number of piperidine rings is 1. The minimum atomic E-state index is -0.771. The van der Waals surface area contributed by atoms with Crippen LogP contribution in [0.25, 0.3) is 0 Å². The van der Waals surface area contributed by atoms with Crippen LogP contribution in [0.4, 0.5) is 4.79 Å². The van der Waals surface area contributed by atoms with Gasteiger partial charge >= 0.3 is 12.0 Å². The van der Waals surface area contributed by atoms with E-state index in [2.05, 4.69) is 10.6 Å². The highest BCUT2D eigenvalue weighted by molar-refractivity contribution is 5.84. The second-order valence-corrected chi connectivity index (χ2v) is 5.56. The fourth-order valence-corrected chi connectivity index (χ4v) is 3.37. The standard InChI is InChI=1S/C13H21N3O4/c1-14-11(17)7-15-13(20)16-9-2-3-10(16)5-8(4-9)6-12(18)19/h8-10H,2-7H2,1H3,(H,14,17)(H,15,20)(H,18,19). The molecule has 0 aromatic heterocycles. The van der Waals surface area contributed by atoms with Gasteiger partial charge in [0, 0.05) is 25.6 Å². The summed E-state index contributed by atoms with van der Waals surface area (Å²) in [6.45, 7) is -0.0240. The summed E-state index contributed by atoms with van der Waals surface area (Å²) in [5, 5.41) is 13.9. The highest BCUT2D eigenvalue weighted by Crippen LogP contribution is 2.39. The molecule has 0 aromatic rings. The average molecular weight is 283 g/mol. The number of rotatable bonds is 4. The Balaban J connectivity index is 1.90. The van der Waals surface area contributed by atoms with E-state index >= 15 is 0 Å². The van der Waals surface area contributed by atoms with E-state index in [0.29, 0.717) is 0 Å². The van der Waals surface area contributed by atoms with Crippen molar-refractivity contribution in [1.82, 2.24) is 15.5 Å². The van der Waals surface area contributed by atoms with Crippen LogP contribution in [0.2, 0.25) is 0 Å². The molecule has 0 radical (unpaired) electrons. The molecule has 20 heavy (non-hydrogen) atoms. The molecule has 0 spiro atoms. The van der Waals surface area contributed by atoms with E-state index in [9.17, 15) is 14.4 Å². The number of carbonyl (C=O) groups excluding carboxylic acids is 2. The van der Waals surface area contributed by atoms with Gasteiger partial charge in [-0.25, -0.2) is 4.79 Å². The fraction of sp³-hybridized carbons (Fsp3) is 0.769. The molecule has 3 amide bonds. The third-order valence-corrected chi connectivity index (χ3v) is 4.21. The molecule has 0 aliphatic carbocycles. The van der Waals surface area contributed by atoms with Crippen LogP contribution in [0.1, 0.15) is 32.1 Å². The van der Waals surface area contributed by atoms with E-state index in [1.54, 1.807) is 4.90 Å². The van der Waals surface area contributed by atoms with Crippen molar-refractivity contribution in [1.29, 1.82) is 0 Å². The maximum Gasteiger partial charge on any atom is 0.318 e. The van der Waals surface area contributed by atoms with Crippen molar-refractivity contribution >= 4 is 17.9 Å². The van der Waals surface area contributed by atoms with Gasteiger partial charge in [-0.3, -0.25) is 9.59 Å². The zero-order chi connectivity index (χ0) is 14.7. The van der Waals surface area contributed by atoms with Crippen LogP contribution in [-0.2, 0) is 9.59 Å². The van der Waals surface area contributed by atoms with Crippen LogP contribution in [-0.4, -0.2) is 53.6 Å². The SMILES string of the molecule is CNC(=O)CNC(=O)N1C2CCC1CC(CC(=O)O)C2. The monoisotopic (exact) mass is 283 g/mol. The normalized spacial score (nSPS) is 28.1. The maximum absolute atomic E-state index is 12.1. The van der Waals surface area contributed by atoms with Crippen molar-refractivity contribution in [2.75, 3.05) is 13.6 Å². The van der Waals surface area contributed by atoms with Gasteiger partial charge in [-0.05, 0) is 31.6 Å². The summed E-state index contributed by atoms with van der Waals surface area (Å²) in [5.74, 6) is -0.841. The van der Waals surface area contributed by atoms with E-state index in [0.717, 1.165) is 25.7 Å². The molecule has 2 aliphatic heterocycles. The summed E-state index contributed by atoms with van der Waals surface area (Å²) in [4.78, 5) is 35.9. The van der Waals surface area contributed by atoms with Crippen molar-refractivity contribution in [3.63, 3.8) is 0 Å². The molecule has 2 bridgehead atoms. The molecule has 7 nitrogen and oxygen atoms in total. The fourth-order valence-electron chi connectivity index (χ4n) is 3.37. The Bertz CT molecular complexity index is 398. The Kier molecular flexibility index (Phi) is 4.46. The van der Waals surface area contributed by atoms with Crippen LogP contribution in [0, 0.1) is 5.92 Å². The Morgan fingerprint density at radius 1 is 1.20 bits per heavy atom. The van der Waals surface area contributed by atoms with E-state index < -0.39 is 5.97 Å². The lowest BCUT2D eigenvalue weighted by Crippen LogP contribution is -2.52. The first kappa shape index (κ1) is 14.6. The highest BCUT2D eigenvalue weighted by Gasteiger charge is 2.43. The zero-order valence-corrected chi connectivity index (χ0v) is 11.6. The Labute approximate surface area is 117 Å². The molecule has 2 saturated heterocycles. The van der Waals surface area contributed by atoms with E-state index in [1.807, 2.05) is 0 Å². The third kappa shape index (κ3) is 3.20. The van der Waals surface area contributed by atoms with Crippen LogP contribution in [0.3, 0.4) is 0 Å². The molecule has 2 atom stereocenters. The van der Waals surface area contributed by atoms with E-state index in [-0.39, 0.29) is 42.9 Å². The van der Waals surface area contributed by atoms with Gasteiger partial charge in [0.25, 0.3) is 0 Å². The number of hydrogen-bond acceptors (Lipinski definition) is 3. The van der Waals surface area contributed by atoms with Gasteiger partial charge in [0.15, 0.2) is 0 Å². The summed E-state index contributed by atoms with van der Waals surface area (Å²) < 4.78 is 0. The number of carboxylic acid groups (broad SMARTS) is 1. The minimum Gasteiger partial charge on any atom is -0.481 e. The van der Waals surface area contributed by atoms with Crippen molar-refractivity contribution in [3.8, 4) is 0 Å². The molecular weight excluding hydrogens is 262 g/mol. The first-order valence-corrected chi connectivity index (χ1v) is 6.99. The van der Waals surface area contributed by atoms with Crippen LogP contribution >= 0.6 is 0 Å². The molecule has 0 saturated carbocycles. The van der Waals surface area contributed by atoms with Gasteiger partial charge in [0.05, 0.1) is 6.54 Å². The quantitative estimate of drug-likeness (QED) is 0.684. The highest BCUT2D eigenvalue weighted by atomic mass is 16.4. The van der Waals surface area contributed by atoms with Crippen LogP contribution in [0.15, 0.2) is 0 Å². The smallest absolute Gasteiger partial charge is 0.318 e. The molecule has 7 heteroatoms. The number of hydrogen-bond donors (Lipinski definition) is 3. The second kappa shape index (κ2) is 6.11. The van der Waals surface area contributed by atoms with Gasteiger partial charge in [0.2, 0.25) is 5.91 Å². The van der Waals surface area contributed by atoms with Crippen molar-refractivity contribution in [2.45, 2.75) is 44.2 Å². The molecule has 2 unspecified atom stereocenters. The van der Waals surface area contributed by atoms with Crippen molar-refractivity contribution in [2.24, 2.45) is 5.92 Å². The lowest BCUT2D eigenvalue weighted by molar-refractivity contribution is -0.138. The van der Waals surface area contributed by atoms with E-state index in [4.69, 9.17) is 5.11 Å². The molecule has 112 valence electrons. The first-order valence-electron chi connectivity index (χ1n) is 6.99. The number of aliphatic carboxylic acids is 1. The van der Waals surface area contributed by atoms with Gasteiger partial charge in [-0.1, -0.05) is 0 Å². The lowest BCUT2D eigenvalue weighted by atomic mass is 9.88. The summed E-state index contributed by atoms with van der Waals surface area (Å²) >= 11 is 0. The number of nitrogens with zero attached hydrogens (tertiary/aromatic N) is 1. The largest absolute Gasteiger partial charge is 0.481 e. The maximum atomic E-state index is 12.1. The summed E-state index contributed by atoms with van der Waals surface area (Å²) in [6, 6.07) is 0.0143. The van der Waals surface area contributed by atoms with Crippen LogP contribution in [0.5, 0.6) is 0 Å². The molecule has 2 rings (SSSR count). The van der Waals surface area contributed by atoms with Gasteiger partial charge in [-0.15, -0.1) is 0 Å². The molecule has 2 fully saturated rings. The second-order valence-electron chi connectivity index (χ2n) is 5.56. The number of likely N-dealkylation sites (N-methyl/N-ethyl adjacent to an activating group) is 1. The lowest BCUT2D eigenvalue weighted by Gasteiger charge is -2.38. The molecule has 2 heterocycles. The van der Waals surface area contributed by atoms with Gasteiger partial charge in [0.1, 0.15) is 0 Å². The number of carboxylic acids is 1. The number of fused-ring (bicyclic) bond motifs is 2. The van der Waals surface area contributed by atoms with Crippen LogP contribution < -0.4 is 10.6 Å². The molecular formula is C13H21N3O4. The Morgan fingerprint density at radius 3 is 2.30 bits per heavy atom. The number of urea groups is 1. The predicted octanol–water partition coefficient (Wildman–Crippen LogP) is 0.160. The van der Waals surface area contributed by atoms with Gasteiger partial charge in [-0.2, -0.15) is 0 Å². The number of amides is 3. The topological polar surface area (TPSA) is 98.7 Å². The van der Waals surface area contributed by atoms with Crippen molar-refractivity contribution < 1.29 is 19.5 Å². The number of carbonyl (C=O) groups is 3. The van der Waals surface area contributed by atoms with E-state index in [1.165, 1.54) is 7.05 Å². The zero-order valence-electron chi connectivity index (χ0n) is 11.6. The van der Waals surface area contributed by atoms with Gasteiger partial charge < -0.3 is 20.6 Å². The third-order valence-electron chi connectivity index (χ3n) is 4.21. The predicted molar refractivity (Wildman–Crippen MR) is 71.1 cm³/mol. The summed E-state index contributed by atoms with van der Waals surface area (Å²) in [7, 11) is 1.52. The summed E-state index contributed by atoms with van der Waals surface area (Å²) in [6.07, 6.45) is 3.52. The minimum absolute atomic E-state index is 0.0240. The molecule has 2 aliphatic rings.